The lowest BCUT2D eigenvalue weighted by molar-refractivity contribution is -0.460. The normalized spacial score (nSPS) is 10.8. The van der Waals surface area contributed by atoms with Gasteiger partial charge >= 0.3 is 5.88 Å². The highest BCUT2D eigenvalue weighted by atomic mass is 16.7. The van der Waals surface area contributed by atoms with E-state index >= 15 is 0 Å². The lowest BCUT2D eigenvalue weighted by atomic mass is 10.6. The lowest BCUT2D eigenvalue weighted by Gasteiger charge is -1.98. The van der Waals surface area contributed by atoms with Crippen LogP contribution >= 0.6 is 0 Å². The highest BCUT2D eigenvalue weighted by Crippen LogP contribution is 2.03. The molecule has 0 aliphatic rings. The van der Waals surface area contributed by atoms with Crippen LogP contribution in [-0.2, 0) is 4.74 Å². The van der Waals surface area contributed by atoms with Gasteiger partial charge in [0.05, 0.1) is 0 Å². The Morgan fingerprint density at radius 1 is 1.80 bits per heavy atom. The van der Waals surface area contributed by atoms with Gasteiger partial charge < -0.3 is 4.74 Å². The van der Waals surface area contributed by atoms with Gasteiger partial charge in [-0.2, -0.15) is 0 Å². The molecule has 0 aromatic rings. The number of rotatable bonds is 3. The van der Waals surface area contributed by atoms with Gasteiger partial charge in [0, 0.05) is 6.08 Å². The Kier molecular flexibility index (Phi) is 3.17. The van der Waals surface area contributed by atoms with Crippen molar-refractivity contribution in [3.05, 3.63) is 34.4 Å². The molecule has 0 N–H and O–H groups in total. The van der Waals surface area contributed by atoms with E-state index in [0.29, 0.717) is 5.76 Å². The fourth-order valence-corrected chi connectivity index (χ4v) is 0.380. The van der Waals surface area contributed by atoms with E-state index < -0.39 is 4.92 Å². The molecule has 0 atom stereocenters. The average molecular weight is 143 g/mol. The van der Waals surface area contributed by atoms with Crippen molar-refractivity contribution in [2.24, 2.45) is 0 Å². The first-order chi connectivity index (χ1) is 4.57. The molecule has 0 fully saturated rings. The van der Waals surface area contributed by atoms with E-state index in [-0.39, 0.29) is 5.88 Å². The Morgan fingerprint density at radius 3 is 2.40 bits per heavy atom. The zero-order valence-electron chi connectivity index (χ0n) is 5.96. The van der Waals surface area contributed by atoms with Crippen LogP contribution in [0.1, 0.15) is 13.8 Å². The van der Waals surface area contributed by atoms with Crippen LogP contribution in [-0.4, -0.2) is 4.92 Å². The molecule has 56 valence electrons. The molecule has 4 nitrogen and oxygen atoms in total. The minimum atomic E-state index is -0.602. The van der Waals surface area contributed by atoms with E-state index in [9.17, 15) is 10.1 Å². The zero-order chi connectivity index (χ0) is 8.15. The molecule has 4 heteroatoms. The summed E-state index contributed by atoms with van der Waals surface area (Å²) < 4.78 is 4.63. The van der Waals surface area contributed by atoms with Gasteiger partial charge in [-0.3, -0.25) is 10.1 Å². The Labute approximate surface area is 59.0 Å². The summed E-state index contributed by atoms with van der Waals surface area (Å²) in [6.45, 7) is 6.44. The van der Waals surface area contributed by atoms with Gasteiger partial charge in [0.15, 0.2) is 0 Å². The summed E-state index contributed by atoms with van der Waals surface area (Å²) in [6.07, 6.45) is 1.27. The SMILES string of the molecule is C=C(C)O/C(=C\C)[N+](=O)[O-]. The van der Waals surface area contributed by atoms with Crippen LogP contribution in [0.3, 0.4) is 0 Å². The van der Waals surface area contributed by atoms with Gasteiger partial charge in [-0.15, -0.1) is 0 Å². The predicted molar refractivity (Wildman–Crippen MR) is 36.7 cm³/mol. The van der Waals surface area contributed by atoms with Crippen molar-refractivity contribution in [3.63, 3.8) is 0 Å². The van der Waals surface area contributed by atoms with Crippen molar-refractivity contribution in [1.82, 2.24) is 0 Å². The summed E-state index contributed by atoms with van der Waals surface area (Å²) in [5.74, 6) is 0.0253. The number of hydrogen-bond donors (Lipinski definition) is 0. The average Bonchev–Trinajstić information content (AvgIpc) is 1.81. The van der Waals surface area contributed by atoms with Gasteiger partial charge in [-0.1, -0.05) is 6.58 Å². The minimum absolute atomic E-state index is 0.285. The van der Waals surface area contributed by atoms with E-state index in [2.05, 4.69) is 11.3 Å². The standard InChI is InChI=1S/C6H9NO3/c1-4-6(7(8)9)10-5(2)3/h4H,2H2,1,3H3/b6-4-. The first-order valence-corrected chi connectivity index (χ1v) is 2.72. The van der Waals surface area contributed by atoms with Crippen molar-refractivity contribution in [1.29, 1.82) is 0 Å². The monoisotopic (exact) mass is 143 g/mol. The molecule has 0 spiro atoms. The maximum Gasteiger partial charge on any atom is 0.428 e. The van der Waals surface area contributed by atoms with Crippen molar-refractivity contribution in [3.8, 4) is 0 Å². The first kappa shape index (κ1) is 8.68. The smallest absolute Gasteiger partial charge is 0.407 e. The molecular formula is C6H9NO3. The van der Waals surface area contributed by atoms with Crippen LogP contribution < -0.4 is 0 Å². The van der Waals surface area contributed by atoms with Gasteiger partial charge in [0.25, 0.3) is 0 Å². The maximum atomic E-state index is 10.0. The molecule has 0 unspecified atom stereocenters. The Bertz CT molecular complexity index is 183. The number of nitrogens with zero attached hydrogens (tertiary/aromatic N) is 1. The lowest BCUT2D eigenvalue weighted by Crippen LogP contribution is -2.01. The second-order valence-electron chi connectivity index (χ2n) is 1.69. The van der Waals surface area contributed by atoms with E-state index in [1.165, 1.54) is 13.0 Å². The molecule has 10 heavy (non-hydrogen) atoms. The molecule has 0 bridgehead atoms. The fraction of sp³-hybridized carbons (Fsp3) is 0.333. The molecular weight excluding hydrogens is 134 g/mol. The molecule has 0 amide bonds. The Hall–Kier alpha value is -1.32. The predicted octanol–water partition coefficient (Wildman–Crippen LogP) is 1.67. The fourth-order valence-electron chi connectivity index (χ4n) is 0.380. The van der Waals surface area contributed by atoms with Crippen LogP contribution in [0.15, 0.2) is 24.3 Å². The van der Waals surface area contributed by atoms with Crippen LogP contribution in [0.25, 0.3) is 0 Å². The van der Waals surface area contributed by atoms with Crippen LogP contribution in [0, 0.1) is 10.1 Å². The number of allylic oxidation sites excluding steroid dienone is 2. The second kappa shape index (κ2) is 3.66. The third-order valence-electron chi connectivity index (χ3n) is 0.706. The summed E-state index contributed by atoms with van der Waals surface area (Å²) in [4.78, 5) is 9.43. The van der Waals surface area contributed by atoms with Crippen LogP contribution in [0.2, 0.25) is 0 Å². The van der Waals surface area contributed by atoms with E-state index in [4.69, 9.17) is 0 Å². The molecule has 0 aliphatic carbocycles. The van der Waals surface area contributed by atoms with Gasteiger partial charge in [-0.25, -0.2) is 0 Å². The molecule has 0 heterocycles. The molecule has 0 aromatic carbocycles. The molecule has 0 saturated heterocycles. The van der Waals surface area contributed by atoms with Crippen molar-refractivity contribution < 1.29 is 9.66 Å². The summed E-state index contributed by atoms with van der Waals surface area (Å²) in [5, 5.41) is 10.0. The molecule has 0 radical (unpaired) electrons. The molecule has 0 saturated carbocycles. The maximum absolute atomic E-state index is 10.0. The van der Waals surface area contributed by atoms with Crippen LogP contribution in [0.4, 0.5) is 0 Å². The van der Waals surface area contributed by atoms with Crippen LogP contribution in [0.5, 0.6) is 0 Å². The Morgan fingerprint density at radius 2 is 2.30 bits per heavy atom. The third-order valence-corrected chi connectivity index (χ3v) is 0.706. The highest BCUT2D eigenvalue weighted by molar-refractivity contribution is 4.86. The minimum Gasteiger partial charge on any atom is -0.407 e. The topological polar surface area (TPSA) is 52.4 Å². The van der Waals surface area contributed by atoms with E-state index in [0.717, 1.165) is 0 Å². The number of hydrogen-bond acceptors (Lipinski definition) is 3. The largest absolute Gasteiger partial charge is 0.428 e. The quantitative estimate of drug-likeness (QED) is 0.343. The summed E-state index contributed by atoms with van der Waals surface area (Å²) in [6, 6.07) is 0. The Balaban J connectivity index is 4.12. The third kappa shape index (κ3) is 2.86. The zero-order valence-corrected chi connectivity index (χ0v) is 5.96. The molecule has 0 rings (SSSR count). The highest BCUT2D eigenvalue weighted by Gasteiger charge is 2.09. The van der Waals surface area contributed by atoms with E-state index in [1.807, 2.05) is 0 Å². The number of ether oxygens (including phenoxy) is 1. The van der Waals surface area contributed by atoms with Gasteiger partial charge in [0.2, 0.25) is 0 Å². The van der Waals surface area contributed by atoms with Crippen molar-refractivity contribution >= 4 is 0 Å². The summed E-state index contributed by atoms with van der Waals surface area (Å²) >= 11 is 0. The van der Waals surface area contributed by atoms with Gasteiger partial charge in [-0.05, 0) is 13.8 Å². The molecule has 0 aromatic heterocycles. The van der Waals surface area contributed by atoms with Crippen molar-refractivity contribution in [2.45, 2.75) is 13.8 Å². The second-order valence-corrected chi connectivity index (χ2v) is 1.69. The van der Waals surface area contributed by atoms with Gasteiger partial charge in [0.1, 0.15) is 10.7 Å². The van der Waals surface area contributed by atoms with E-state index in [1.54, 1.807) is 6.92 Å². The molecule has 0 aliphatic heterocycles. The number of nitro groups is 1. The summed E-state index contributed by atoms with van der Waals surface area (Å²) in [5.41, 5.74) is 0. The first-order valence-electron chi connectivity index (χ1n) is 2.72. The van der Waals surface area contributed by atoms with Crippen molar-refractivity contribution in [2.75, 3.05) is 0 Å². The summed E-state index contributed by atoms with van der Waals surface area (Å²) in [7, 11) is 0.